The third-order valence-electron chi connectivity index (χ3n) is 2.38. The van der Waals surface area contributed by atoms with Crippen LogP contribution in [0.2, 0.25) is 0 Å². The van der Waals surface area contributed by atoms with Crippen LogP contribution in [0.15, 0.2) is 12.1 Å². The quantitative estimate of drug-likeness (QED) is 0.736. The van der Waals surface area contributed by atoms with Gasteiger partial charge in [0.2, 0.25) is 0 Å². The predicted octanol–water partition coefficient (Wildman–Crippen LogP) is 2.64. The van der Waals surface area contributed by atoms with Gasteiger partial charge < -0.3 is 20.5 Å². The first-order valence-electron chi connectivity index (χ1n) is 6.05. The first-order chi connectivity index (χ1) is 8.58. The third kappa shape index (κ3) is 4.07. The Morgan fingerprint density at radius 3 is 2.78 bits per heavy atom. The summed E-state index contributed by atoms with van der Waals surface area (Å²) >= 11 is 0. The van der Waals surface area contributed by atoms with Crippen LogP contribution in [0.1, 0.15) is 20.3 Å². The summed E-state index contributed by atoms with van der Waals surface area (Å²) in [6.07, 6.45) is 0.826. The van der Waals surface area contributed by atoms with Gasteiger partial charge in [-0.3, -0.25) is 0 Å². The molecule has 1 atom stereocenters. The van der Waals surface area contributed by atoms with E-state index in [0.29, 0.717) is 24.6 Å². The van der Waals surface area contributed by atoms with Crippen molar-refractivity contribution in [3.05, 3.63) is 17.9 Å². The van der Waals surface area contributed by atoms with Gasteiger partial charge in [-0.2, -0.15) is 0 Å². The van der Waals surface area contributed by atoms with Gasteiger partial charge in [-0.05, 0) is 13.3 Å². The van der Waals surface area contributed by atoms with Crippen molar-refractivity contribution in [1.29, 1.82) is 0 Å². The molecular weight excluding hydrogens is 235 g/mol. The molecule has 0 bridgehead atoms. The zero-order valence-corrected chi connectivity index (χ0v) is 11.1. The summed E-state index contributed by atoms with van der Waals surface area (Å²) in [6.45, 7) is 4.95. The molecule has 0 saturated heterocycles. The number of rotatable bonds is 7. The van der Waals surface area contributed by atoms with E-state index < -0.39 is 5.82 Å². The first kappa shape index (κ1) is 14.6. The average Bonchev–Trinajstić information content (AvgIpc) is 2.31. The van der Waals surface area contributed by atoms with Crippen LogP contribution < -0.4 is 15.8 Å². The Hall–Kier alpha value is -1.49. The van der Waals surface area contributed by atoms with Gasteiger partial charge in [0.05, 0.1) is 24.6 Å². The van der Waals surface area contributed by atoms with E-state index in [4.69, 9.17) is 15.2 Å². The highest BCUT2D eigenvalue weighted by Gasteiger charge is 2.11. The number of ether oxygens (including phenoxy) is 2. The van der Waals surface area contributed by atoms with Crippen molar-refractivity contribution in [3.63, 3.8) is 0 Å². The van der Waals surface area contributed by atoms with Crippen LogP contribution in [-0.4, -0.2) is 26.4 Å². The number of methoxy groups -OCH3 is 1. The lowest BCUT2D eigenvalue weighted by Crippen LogP contribution is -2.21. The van der Waals surface area contributed by atoms with Gasteiger partial charge in [-0.25, -0.2) is 4.39 Å². The van der Waals surface area contributed by atoms with Crippen molar-refractivity contribution in [1.82, 2.24) is 0 Å². The molecule has 5 heteroatoms. The molecule has 1 unspecified atom stereocenters. The number of benzene rings is 1. The second-order valence-corrected chi connectivity index (χ2v) is 4.22. The molecule has 18 heavy (non-hydrogen) atoms. The van der Waals surface area contributed by atoms with Gasteiger partial charge in [0, 0.05) is 25.3 Å². The lowest BCUT2D eigenvalue weighted by molar-refractivity contribution is 0.190. The Kier molecular flexibility index (Phi) is 5.71. The molecule has 0 aliphatic carbocycles. The minimum absolute atomic E-state index is 0.0850. The van der Waals surface area contributed by atoms with Crippen molar-refractivity contribution >= 4 is 11.4 Å². The summed E-state index contributed by atoms with van der Waals surface area (Å²) in [5.41, 5.74) is 6.78. The highest BCUT2D eigenvalue weighted by atomic mass is 19.1. The van der Waals surface area contributed by atoms with Crippen LogP contribution in [0.3, 0.4) is 0 Å². The number of nitrogens with one attached hydrogen (secondary N) is 1. The van der Waals surface area contributed by atoms with E-state index in [0.717, 1.165) is 6.42 Å². The number of anilines is 2. The van der Waals surface area contributed by atoms with Crippen LogP contribution in [0.4, 0.5) is 15.8 Å². The lowest BCUT2D eigenvalue weighted by Gasteiger charge is -2.17. The molecule has 102 valence electrons. The molecule has 1 aromatic rings. The van der Waals surface area contributed by atoms with Crippen LogP contribution in [0.25, 0.3) is 0 Å². The van der Waals surface area contributed by atoms with Crippen LogP contribution in [0, 0.1) is 5.82 Å². The maximum Gasteiger partial charge on any atom is 0.167 e. The Morgan fingerprint density at radius 1 is 1.44 bits per heavy atom. The second-order valence-electron chi connectivity index (χ2n) is 4.22. The molecule has 0 saturated carbocycles. The van der Waals surface area contributed by atoms with Gasteiger partial charge in [-0.1, -0.05) is 6.92 Å². The van der Waals surface area contributed by atoms with Crippen LogP contribution in [0.5, 0.6) is 5.75 Å². The summed E-state index contributed by atoms with van der Waals surface area (Å²) < 4.78 is 23.9. The number of nitrogen functional groups attached to an aromatic ring is 1. The van der Waals surface area contributed by atoms with E-state index in [2.05, 4.69) is 5.32 Å². The molecule has 0 heterocycles. The Labute approximate surface area is 107 Å². The summed E-state index contributed by atoms with van der Waals surface area (Å²) in [5, 5.41) is 3.16. The Bertz CT molecular complexity index is 385. The second kappa shape index (κ2) is 7.06. The van der Waals surface area contributed by atoms with Gasteiger partial charge >= 0.3 is 0 Å². The number of hydrogen-bond donors (Lipinski definition) is 2. The maximum atomic E-state index is 13.6. The normalized spacial score (nSPS) is 12.2. The molecule has 4 nitrogen and oxygen atoms in total. The molecule has 0 aliphatic rings. The smallest absolute Gasteiger partial charge is 0.167 e. The van der Waals surface area contributed by atoms with E-state index in [1.165, 1.54) is 6.07 Å². The minimum atomic E-state index is -0.439. The Morgan fingerprint density at radius 2 is 2.17 bits per heavy atom. The molecule has 1 rings (SSSR count). The number of hydrogen-bond acceptors (Lipinski definition) is 4. The molecular formula is C13H21FN2O2. The van der Waals surface area contributed by atoms with Crippen molar-refractivity contribution < 1.29 is 13.9 Å². The standard InChI is InChI=1S/C13H21FN2O2/c1-4-5-18-13-7-12(11(15)6-10(13)14)16-9(2)8-17-3/h6-7,9,16H,4-5,8,15H2,1-3H3. The van der Waals surface area contributed by atoms with Crippen LogP contribution >= 0.6 is 0 Å². The van der Waals surface area contributed by atoms with Gasteiger partial charge in [-0.15, -0.1) is 0 Å². The number of nitrogens with two attached hydrogens (primary N) is 1. The lowest BCUT2D eigenvalue weighted by atomic mass is 10.2. The largest absolute Gasteiger partial charge is 0.490 e. The van der Waals surface area contributed by atoms with Gasteiger partial charge in [0.25, 0.3) is 0 Å². The molecule has 0 spiro atoms. The monoisotopic (exact) mass is 256 g/mol. The fourth-order valence-corrected chi connectivity index (χ4v) is 1.57. The summed E-state index contributed by atoms with van der Waals surface area (Å²) in [7, 11) is 1.63. The van der Waals surface area contributed by atoms with E-state index in [-0.39, 0.29) is 11.8 Å². The zero-order chi connectivity index (χ0) is 13.5. The fourth-order valence-electron chi connectivity index (χ4n) is 1.57. The van der Waals surface area contributed by atoms with Crippen molar-refractivity contribution in [2.45, 2.75) is 26.3 Å². The topological polar surface area (TPSA) is 56.5 Å². The van der Waals surface area contributed by atoms with E-state index in [9.17, 15) is 4.39 Å². The average molecular weight is 256 g/mol. The summed E-state index contributed by atoms with van der Waals surface area (Å²) in [5.74, 6) is -0.218. The van der Waals surface area contributed by atoms with Gasteiger partial charge in [0.15, 0.2) is 11.6 Å². The predicted molar refractivity (Wildman–Crippen MR) is 71.6 cm³/mol. The first-order valence-corrected chi connectivity index (χ1v) is 6.05. The molecule has 0 fully saturated rings. The molecule has 1 aromatic carbocycles. The molecule has 0 aromatic heterocycles. The highest BCUT2D eigenvalue weighted by molar-refractivity contribution is 5.68. The molecule has 3 N–H and O–H groups in total. The maximum absolute atomic E-state index is 13.6. The van der Waals surface area contributed by atoms with E-state index >= 15 is 0 Å². The fraction of sp³-hybridized carbons (Fsp3) is 0.538. The van der Waals surface area contributed by atoms with Crippen molar-refractivity contribution in [3.8, 4) is 5.75 Å². The molecule has 0 aliphatic heterocycles. The third-order valence-corrected chi connectivity index (χ3v) is 2.38. The highest BCUT2D eigenvalue weighted by Crippen LogP contribution is 2.28. The van der Waals surface area contributed by atoms with Crippen molar-refractivity contribution in [2.24, 2.45) is 0 Å². The SMILES string of the molecule is CCCOc1cc(NC(C)COC)c(N)cc1F. The number of halogens is 1. The molecule has 0 radical (unpaired) electrons. The van der Waals surface area contributed by atoms with E-state index in [1.807, 2.05) is 13.8 Å². The minimum Gasteiger partial charge on any atom is -0.490 e. The van der Waals surface area contributed by atoms with E-state index in [1.54, 1.807) is 13.2 Å². The molecule has 0 amide bonds. The zero-order valence-electron chi connectivity index (χ0n) is 11.1. The van der Waals surface area contributed by atoms with Crippen LogP contribution in [-0.2, 0) is 4.74 Å². The van der Waals surface area contributed by atoms with Crippen molar-refractivity contribution in [2.75, 3.05) is 31.4 Å². The summed E-state index contributed by atoms with van der Waals surface area (Å²) in [4.78, 5) is 0. The Balaban J connectivity index is 2.83. The van der Waals surface area contributed by atoms with Gasteiger partial charge in [0.1, 0.15) is 0 Å². The summed E-state index contributed by atoms with van der Waals surface area (Å²) in [6, 6.07) is 2.95.